The van der Waals surface area contributed by atoms with E-state index in [1.165, 1.54) is 14.0 Å². The molecule has 2 aliphatic carbocycles. The zero-order valence-corrected chi connectivity index (χ0v) is 18.0. The molecule has 0 saturated heterocycles. The number of hydrogen-bond donors (Lipinski definition) is 1. The first-order chi connectivity index (χ1) is 13.1. The van der Waals surface area contributed by atoms with Gasteiger partial charge in [0.05, 0.1) is 19.1 Å². The summed E-state index contributed by atoms with van der Waals surface area (Å²) in [5, 5.41) is 9.16. The molecular formula is C23H36O5. The van der Waals surface area contributed by atoms with Gasteiger partial charge in [0, 0.05) is 6.92 Å². The Bertz CT molecular complexity index is 651. The highest BCUT2D eigenvalue weighted by Gasteiger charge is 2.60. The van der Waals surface area contributed by atoms with Crippen LogP contribution in [0.2, 0.25) is 0 Å². The number of aliphatic hydroxyl groups excluding tert-OH is 1. The second-order valence-corrected chi connectivity index (χ2v) is 9.05. The molecule has 2 fully saturated rings. The van der Waals surface area contributed by atoms with E-state index >= 15 is 0 Å². The molecular weight excluding hydrogens is 356 g/mol. The number of carbonyl (C=O) groups is 2. The molecule has 0 aliphatic heterocycles. The van der Waals surface area contributed by atoms with Gasteiger partial charge in [-0.25, -0.2) is 0 Å². The highest BCUT2D eigenvalue weighted by molar-refractivity contribution is 5.77. The van der Waals surface area contributed by atoms with Crippen molar-refractivity contribution >= 4 is 11.9 Å². The van der Waals surface area contributed by atoms with Gasteiger partial charge in [0.1, 0.15) is 6.10 Å². The lowest BCUT2D eigenvalue weighted by atomic mass is 9.46. The first-order valence-corrected chi connectivity index (χ1v) is 10.3. The molecule has 0 aromatic heterocycles. The lowest BCUT2D eigenvalue weighted by Crippen LogP contribution is -2.56. The molecule has 0 bridgehead atoms. The van der Waals surface area contributed by atoms with E-state index in [4.69, 9.17) is 14.6 Å². The molecule has 158 valence electrons. The summed E-state index contributed by atoms with van der Waals surface area (Å²) >= 11 is 0. The van der Waals surface area contributed by atoms with Crippen LogP contribution in [0.1, 0.15) is 66.2 Å². The monoisotopic (exact) mass is 392 g/mol. The van der Waals surface area contributed by atoms with Gasteiger partial charge in [0.2, 0.25) is 0 Å². The molecule has 0 heterocycles. The third-order valence-electron chi connectivity index (χ3n) is 7.31. The standard InChI is InChI=1S/C23H36O5/c1-15(10-13-24)8-9-18-16(2)19(28-17(3)25)14-20-22(18,4)11-7-12-23(20,5)21(26)27-6/h10,18-20,24H,2,7-9,11-14H2,1,3-6H3/b15-10+/t18-,19-,20+,22+,23-/m0/s1. The van der Waals surface area contributed by atoms with Crippen molar-refractivity contribution in [3.8, 4) is 0 Å². The minimum Gasteiger partial charge on any atom is -0.469 e. The van der Waals surface area contributed by atoms with Gasteiger partial charge in [-0.2, -0.15) is 0 Å². The first kappa shape index (κ1) is 22.7. The van der Waals surface area contributed by atoms with Gasteiger partial charge in [-0.3, -0.25) is 9.59 Å². The number of aliphatic hydroxyl groups is 1. The van der Waals surface area contributed by atoms with Gasteiger partial charge >= 0.3 is 11.9 Å². The zero-order valence-electron chi connectivity index (χ0n) is 18.0. The average molecular weight is 393 g/mol. The van der Waals surface area contributed by atoms with Crippen LogP contribution in [0.4, 0.5) is 0 Å². The second kappa shape index (κ2) is 8.81. The van der Waals surface area contributed by atoms with Crippen LogP contribution in [-0.4, -0.2) is 36.9 Å². The molecule has 28 heavy (non-hydrogen) atoms. The Hall–Kier alpha value is -1.62. The highest BCUT2D eigenvalue weighted by Crippen LogP contribution is 2.62. The van der Waals surface area contributed by atoms with Crippen molar-refractivity contribution in [2.45, 2.75) is 72.3 Å². The smallest absolute Gasteiger partial charge is 0.311 e. The maximum absolute atomic E-state index is 12.8. The van der Waals surface area contributed by atoms with Gasteiger partial charge < -0.3 is 14.6 Å². The van der Waals surface area contributed by atoms with Gasteiger partial charge in [0.25, 0.3) is 0 Å². The molecule has 5 atom stereocenters. The van der Waals surface area contributed by atoms with Crippen LogP contribution in [0.25, 0.3) is 0 Å². The summed E-state index contributed by atoms with van der Waals surface area (Å²) in [6.07, 6.45) is 6.55. The third-order valence-corrected chi connectivity index (χ3v) is 7.31. The fourth-order valence-corrected chi connectivity index (χ4v) is 5.82. The number of hydrogen-bond acceptors (Lipinski definition) is 5. The van der Waals surface area contributed by atoms with E-state index in [1.54, 1.807) is 0 Å². The van der Waals surface area contributed by atoms with Crippen molar-refractivity contribution in [3.63, 3.8) is 0 Å². The lowest BCUT2D eigenvalue weighted by Gasteiger charge is -2.58. The molecule has 2 saturated carbocycles. The van der Waals surface area contributed by atoms with Crippen molar-refractivity contribution in [1.29, 1.82) is 0 Å². The van der Waals surface area contributed by atoms with Crippen LogP contribution in [0.3, 0.4) is 0 Å². The summed E-state index contributed by atoms with van der Waals surface area (Å²) in [5.41, 5.74) is 1.40. The number of rotatable bonds is 6. The normalized spacial score (nSPS) is 35.9. The number of ether oxygens (including phenoxy) is 2. The van der Waals surface area contributed by atoms with E-state index in [1.807, 2.05) is 19.9 Å². The molecule has 5 heteroatoms. The van der Waals surface area contributed by atoms with Gasteiger partial charge in [0.15, 0.2) is 0 Å². The first-order valence-electron chi connectivity index (χ1n) is 10.3. The van der Waals surface area contributed by atoms with E-state index in [2.05, 4.69) is 13.5 Å². The van der Waals surface area contributed by atoms with Gasteiger partial charge in [-0.1, -0.05) is 31.6 Å². The van der Waals surface area contributed by atoms with Crippen molar-refractivity contribution in [1.82, 2.24) is 0 Å². The van der Waals surface area contributed by atoms with Crippen LogP contribution in [0, 0.1) is 22.7 Å². The molecule has 2 aliphatic rings. The van der Waals surface area contributed by atoms with Crippen molar-refractivity contribution in [2.75, 3.05) is 13.7 Å². The number of allylic oxidation sites excluding steroid dienone is 1. The number of carbonyl (C=O) groups excluding carboxylic acids is 2. The van der Waals surface area contributed by atoms with Crippen LogP contribution in [0.5, 0.6) is 0 Å². The summed E-state index contributed by atoms with van der Waals surface area (Å²) < 4.78 is 10.8. The molecule has 0 aromatic carbocycles. The molecule has 1 N–H and O–H groups in total. The fourth-order valence-electron chi connectivity index (χ4n) is 5.82. The maximum Gasteiger partial charge on any atom is 0.311 e. The molecule has 0 radical (unpaired) electrons. The summed E-state index contributed by atoms with van der Waals surface area (Å²) in [6.45, 7) is 12.1. The fraction of sp³-hybridized carbons (Fsp3) is 0.739. The maximum atomic E-state index is 12.8. The van der Waals surface area contributed by atoms with E-state index in [-0.39, 0.29) is 41.9 Å². The Balaban J connectivity index is 2.42. The van der Waals surface area contributed by atoms with Crippen LogP contribution < -0.4 is 0 Å². The van der Waals surface area contributed by atoms with E-state index in [0.29, 0.717) is 6.42 Å². The predicted octanol–water partition coefficient (Wildman–Crippen LogP) is 4.20. The zero-order chi connectivity index (χ0) is 21.1. The van der Waals surface area contributed by atoms with Gasteiger partial charge in [-0.05, 0) is 68.8 Å². The number of fused-ring (bicyclic) bond motifs is 1. The largest absolute Gasteiger partial charge is 0.469 e. The van der Waals surface area contributed by atoms with E-state index in [9.17, 15) is 9.59 Å². The molecule has 0 amide bonds. The Morgan fingerprint density at radius 1 is 1.29 bits per heavy atom. The van der Waals surface area contributed by atoms with Gasteiger partial charge in [-0.15, -0.1) is 0 Å². The summed E-state index contributed by atoms with van der Waals surface area (Å²) in [4.78, 5) is 24.5. The van der Waals surface area contributed by atoms with Crippen LogP contribution in [-0.2, 0) is 19.1 Å². The van der Waals surface area contributed by atoms with Crippen LogP contribution in [0.15, 0.2) is 23.8 Å². The summed E-state index contributed by atoms with van der Waals surface area (Å²) in [5.74, 6) is -0.293. The molecule has 0 aromatic rings. The highest BCUT2D eigenvalue weighted by atomic mass is 16.5. The number of methoxy groups -OCH3 is 1. The minimum absolute atomic E-state index is 0.0355. The van der Waals surface area contributed by atoms with Crippen LogP contribution >= 0.6 is 0 Å². The van der Waals surface area contributed by atoms with Crippen molar-refractivity contribution < 1.29 is 24.2 Å². The Morgan fingerprint density at radius 3 is 2.54 bits per heavy atom. The molecule has 2 rings (SSSR count). The molecule has 5 nitrogen and oxygen atoms in total. The lowest BCUT2D eigenvalue weighted by molar-refractivity contribution is -0.174. The molecule has 0 spiro atoms. The van der Waals surface area contributed by atoms with Crippen molar-refractivity contribution in [3.05, 3.63) is 23.8 Å². The third kappa shape index (κ3) is 4.19. The van der Waals surface area contributed by atoms with E-state index < -0.39 is 5.41 Å². The average Bonchev–Trinajstić information content (AvgIpc) is 2.62. The quantitative estimate of drug-likeness (QED) is 0.542. The number of esters is 2. The topological polar surface area (TPSA) is 72.8 Å². The Morgan fingerprint density at radius 2 is 1.96 bits per heavy atom. The van der Waals surface area contributed by atoms with E-state index in [0.717, 1.165) is 43.3 Å². The Labute approximate surface area is 169 Å². The Kier molecular flexibility index (Phi) is 7.13. The predicted molar refractivity (Wildman–Crippen MR) is 108 cm³/mol. The second-order valence-electron chi connectivity index (χ2n) is 9.05. The summed E-state index contributed by atoms with van der Waals surface area (Å²) in [7, 11) is 1.45. The molecule has 0 unspecified atom stereocenters. The SMILES string of the molecule is C=C1[C@@H](OC(C)=O)C[C@@H]2[C@](C)(CCC[C@]2(C)C(=O)OC)[C@H]1CC/C(C)=C/CO. The summed E-state index contributed by atoms with van der Waals surface area (Å²) in [6, 6.07) is 0. The minimum atomic E-state index is -0.588. The van der Waals surface area contributed by atoms with Crippen molar-refractivity contribution in [2.24, 2.45) is 22.7 Å².